The summed E-state index contributed by atoms with van der Waals surface area (Å²) < 4.78 is 11.1. The van der Waals surface area contributed by atoms with Crippen LogP contribution in [0.5, 0.6) is 5.75 Å². The van der Waals surface area contributed by atoms with Crippen LogP contribution < -0.4 is 4.74 Å². The Morgan fingerprint density at radius 3 is 2.82 bits per heavy atom. The maximum Gasteiger partial charge on any atom is 0.118 e. The lowest BCUT2D eigenvalue weighted by atomic mass is 10.1. The van der Waals surface area contributed by atoms with E-state index in [1.165, 1.54) is 11.1 Å². The van der Waals surface area contributed by atoms with Crippen LogP contribution in [0.1, 0.15) is 11.1 Å². The van der Waals surface area contributed by atoms with E-state index in [-0.39, 0.29) is 6.10 Å². The monoisotopic (exact) mass is 298 g/mol. The molecule has 1 aliphatic heterocycles. The van der Waals surface area contributed by atoms with Gasteiger partial charge in [-0.15, -0.1) is 0 Å². The summed E-state index contributed by atoms with van der Waals surface area (Å²) in [4.78, 5) is 6.62. The SMILES string of the molecule is COc1ccc(C[C@@H]2CN(Cc3cccnc3)CCO2)cc1. The zero-order valence-electron chi connectivity index (χ0n) is 12.9. The normalized spacial score (nSPS) is 19.0. The number of nitrogens with zero attached hydrogens (tertiary/aromatic N) is 2. The summed E-state index contributed by atoms with van der Waals surface area (Å²) in [5.74, 6) is 0.895. The fourth-order valence-corrected chi connectivity index (χ4v) is 2.82. The van der Waals surface area contributed by atoms with Crippen LogP contribution in [0.15, 0.2) is 48.8 Å². The van der Waals surface area contributed by atoms with E-state index in [1.54, 1.807) is 7.11 Å². The van der Waals surface area contributed by atoms with Gasteiger partial charge in [0.15, 0.2) is 0 Å². The number of hydrogen-bond acceptors (Lipinski definition) is 4. The molecule has 2 heterocycles. The first-order valence-electron chi connectivity index (χ1n) is 7.69. The molecule has 0 aliphatic carbocycles. The van der Waals surface area contributed by atoms with Crippen molar-refractivity contribution >= 4 is 0 Å². The summed E-state index contributed by atoms with van der Waals surface area (Å²) in [5, 5.41) is 0. The molecular weight excluding hydrogens is 276 g/mol. The van der Waals surface area contributed by atoms with Crippen molar-refractivity contribution < 1.29 is 9.47 Å². The summed E-state index contributed by atoms with van der Waals surface area (Å²) in [5.41, 5.74) is 2.54. The van der Waals surface area contributed by atoms with Crippen molar-refractivity contribution in [1.29, 1.82) is 0 Å². The van der Waals surface area contributed by atoms with E-state index >= 15 is 0 Å². The molecule has 1 aromatic carbocycles. The molecule has 3 rings (SSSR count). The summed E-state index contributed by atoms with van der Waals surface area (Å²) >= 11 is 0. The van der Waals surface area contributed by atoms with Gasteiger partial charge in [0.25, 0.3) is 0 Å². The van der Waals surface area contributed by atoms with Crippen LogP contribution in [0.4, 0.5) is 0 Å². The van der Waals surface area contributed by atoms with Crippen molar-refractivity contribution in [1.82, 2.24) is 9.88 Å². The minimum Gasteiger partial charge on any atom is -0.497 e. The number of benzene rings is 1. The fraction of sp³-hybridized carbons (Fsp3) is 0.389. The highest BCUT2D eigenvalue weighted by Crippen LogP contribution is 2.16. The zero-order valence-corrected chi connectivity index (χ0v) is 12.9. The number of rotatable bonds is 5. The van der Waals surface area contributed by atoms with E-state index in [4.69, 9.17) is 9.47 Å². The molecule has 1 aromatic heterocycles. The largest absolute Gasteiger partial charge is 0.497 e. The van der Waals surface area contributed by atoms with Gasteiger partial charge in [-0.1, -0.05) is 18.2 Å². The number of aromatic nitrogens is 1. The number of morpholine rings is 1. The molecule has 2 aromatic rings. The maximum atomic E-state index is 5.92. The van der Waals surface area contributed by atoms with Gasteiger partial charge in [0.2, 0.25) is 0 Å². The Balaban J connectivity index is 1.55. The lowest BCUT2D eigenvalue weighted by Gasteiger charge is -2.33. The lowest BCUT2D eigenvalue weighted by molar-refractivity contribution is -0.0305. The predicted octanol–water partition coefficient (Wildman–Crippen LogP) is 2.53. The second-order valence-corrected chi connectivity index (χ2v) is 5.64. The first kappa shape index (κ1) is 15.0. The van der Waals surface area contributed by atoms with Crippen LogP contribution in [0.2, 0.25) is 0 Å². The Labute approximate surface area is 131 Å². The number of hydrogen-bond donors (Lipinski definition) is 0. The van der Waals surface area contributed by atoms with Gasteiger partial charge in [-0.25, -0.2) is 0 Å². The molecule has 22 heavy (non-hydrogen) atoms. The van der Waals surface area contributed by atoms with Crippen LogP contribution in [0, 0.1) is 0 Å². The van der Waals surface area contributed by atoms with Gasteiger partial charge in [0.1, 0.15) is 5.75 Å². The molecule has 0 saturated carbocycles. The second kappa shape index (κ2) is 7.38. The Morgan fingerprint density at radius 2 is 2.09 bits per heavy atom. The molecule has 0 radical (unpaired) electrons. The highest BCUT2D eigenvalue weighted by molar-refractivity contribution is 5.27. The highest BCUT2D eigenvalue weighted by atomic mass is 16.5. The maximum absolute atomic E-state index is 5.92. The van der Waals surface area contributed by atoms with Crippen molar-refractivity contribution in [2.75, 3.05) is 26.8 Å². The summed E-state index contributed by atoms with van der Waals surface area (Å²) in [7, 11) is 1.69. The third-order valence-electron chi connectivity index (χ3n) is 3.97. The third kappa shape index (κ3) is 4.06. The Bertz CT molecular complexity index is 571. The number of ether oxygens (including phenoxy) is 2. The molecule has 4 nitrogen and oxygen atoms in total. The van der Waals surface area contributed by atoms with Crippen molar-refractivity contribution in [3.8, 4) is 5.75 Å². The molecule has 0 spiro atoms. The summed E-state index contributed by atoms with van der Waals surface area (Å²) in [6.07, 6.45) is 4.94. The van der Waals surface area contributed by atoms with Gasteiger partial charge in [-0.05, 0) is 35.7 Å². The first-order chi connectivity index (χ1) is 10.8. The minimum atomic E-state index is 0.249. The summed E-state index contributed by atoms with van der Waals surface area (Å²) in [6.45, 7) is 3.67. The molecule has 1 aliphatic rings. The topological polar surface area (TPSA) is 34.6 Å². The fourth-order valence-electron chi connectivity index (χ4n) is 2.82. The Morgan fingerprint density at radius 1 is 1.23 bits per heavy atom. The smallest absolute Gasteiger partial charge is 0.118 e. The predicted molar refractivity (Wildman–Crippen MR) is 86.0 cm³/mol. The van der Waals surface area contributed by atoms with Crippen LogP contribution in [-0.4, -0.2) is 42.8 Å². The average Bonchev–Trinajstić information content (AvgIpc) is 2.57. The van der Waals surface area contributed by atoms with E-state index in [0.717, 1.165) is 38.4 Å². The van der Waals surface area contributed by atoms with Crippen LogP contribution in [-0.2, 0) is 17.7 Å². The van der Waals surface area contributed by atoms with Crippen molar-refractivity contribution in [3.63, 3.8) is 0 Å². The van der Waals surface area contributed by atoms with E-state index in [0.29, 0.717) is 0 Å². The number of methoxy groups -OCH3 is 1. The lowest BCUT2D eigenvalue weighted by Crippen LogP contribution is -2.42. The van der Waals surface area contributed by atoms with E-state index < -0.39 is 0 Å². The first-order valence-corrected chi connectivity index (χ1v) is 7.69. The molecule has 1 atom stereocenters. The molecule has 0 amide bonds. The van der Waals surface area contributed by atoms with Crippen molar-refractivity contribution in [2.24, 2.45) is 0 Å². The van der Waals surface area contributed by atoms with E-state index in [1.807, 2.05) is 30.6 Å². The van der Waals surface area contributed by atoms with Gasteiger partial charge in [-0.2, -0.15) is 0 Å². The van der Waals surface area contributed by atoms with Gasteiger partial charge in [0.05, 0.1) is 19.8 Å². The molecule has 1 saturated heterocycles. The van der Waals surface area contributed by atoms with Crippen LogP contribution in [0.25, 0.3) is 0 Å². The van der Waals surface area contributed by atoms with Gasteiger partial charge < -0.3 is 9.47 Å². The van der Waals surface area contributed by atoms with Gasteiger partial charge in [0, 0.05) is 32.0 Å². The van der Waals surface area contributed by atoms with E-state index in [9.17, 15) is 0 Å². The van der Waals surface area contributed by atoms with Crippen LogP contribution >= 0.6 is 0 Å². The standard InChI is InChI=1S/C18H22N2O2/c1-21-17-6-4-15(5-7-17)11-18-14-20(9-10-22-18)13-16-3-2-8-19-12-16/h2-8,12,18H,9-11,13-14H2,1H3/t18-/m1/s1. The van der Waals surface area contributed by atoms with Gasteiger partial charge >= 0.3 is 0 Å². The highest BCUT2D eigenvalue weighted by Gasteiger charge is 2.20. The average molecular weight is 298 g/mol. The molecular formula is C18H22N2O2. The molecule has 0 unspecified atom stereocenters. The molecule has 4 heteroatoms. The van der Waals surface area contributed by atoms with Crippen molar-refractivity contribution in [3.05, 3.63) is 59.9 Å². The molecule has 116 valence electrons. The van der Waals surface area contributed by atoms with Gasteiger partial charge in [-0.3, -0.25) is 9.88 Å². The zero-order chi connectivity index (χ0) is 15.2. The second-order valence-electron chi connectivity index (χ2n) is 5.64. The minimum absolute atomic E-state index is 0.249. The molecule has 0 N–H and O–H groups in total. The number of pyridine rings is 1. The Kier molecular flexibility index (Phi) is 5.03. The summed E-state index contributed by atoms with van der Waals surface area (Å²) in [6, 6.07) is 12.4. The van der Waals surface area contributed by atoms with Crippen molar-refractivity contribution in [2.45, 2.75) is 19.1 Å². The quantitative estimate of drug-likeness (QED) is 0.849. The molecule has 0 bridgehead atoms. The Hall–Kier alpha value is -1.91. The van der Waals surface area contributed by atoms with E-state index in [2.05, 4.69) is 28.1 Å². The third-order valence-corrected chi connectivity index (χ3v) is 3.97. The van der Waals surface area contributed by atoms with Crippen LogP contribution in [0.3, 0.4) is 0 Å². The molecule has 1 fully saturated rings.